The first-order chi connectivity index (χ1) is 17.0. The predicted molar refractivity (Wildman–Crippen MR) is 137 cm³/mol. The Morgan fingerprint density at radius 2 is 1.97 bits per heavy atom. The summed E-state index contributed by atoms with van der Waals surface area (Å²) in [4.78, 5) is 14.4. The third-order valence-corrected chi connectivity index (χ3v) is 6.31. The second kappa shape index (κ2) is 12.8. The molecule has 1 saturated heterocycles. The molecular formula is C24H29Cl2F2N5O4. The molecule has 0 bridgehead atoms. The van der Waals surface area contributed by atoms with E-state index in [-0.39, 0.29) is 55.0 Å². The lowest BCUT2D eigenvalue weighted by Gasteiger charge is -2.36. The second-order valence-corrected chi connectivity index (χ2v) is 8.63. The van der Waals surface area contributed by atoms with Crippen LogP contribution >= 0.6 is 24.8 Å². The fourth-order valence-corrected chi connectivity index (χ4v) is 4.50. The number of aliphatic hydroxyl groups excluding tert-OH is 1. The van der Waals surface area contributed by atoms with Gasteiger partial charge in [0.1, 0.15) is 30.7 Å². The molecule has 0 aliphatic carbocycles. The minimum Gasteiger partial charge on any atom is -0.486 e. The maximum Gasteiger partial charge on any atom is 0.213 e. The molecule has 2 aliphatic rings. The molecule has 0 saturated carbocycles. The average molecular weight is 560 g/mol. The number of nitrogens with one attached hydrogen (secondary N) is 1. The molecule has 2 aliphatic heterocycles. The van der Waals surface area contributed by atoms with Gasteiger partial charge in [-0.2, -0.15) is 0 Å². The largest absolute Gasteiger partial charge is 0.486 e. The van der Waals surface area contributed by atoms with Crippen molar-refractivity contribution >= 4 is 35.8 Å². The first kappa shape index (κ1) is 29.0. The number of fused-ring (bicyclic) bond motifs is 2. The average Bonchev–Trinajstić information content (AvgIpc) is 2.87. The zero-order chi connectivity index (χ0) is 24.4. The highest BCUT2D eigenvalue weighted by molar-refractivity contribution is 5.85. The number of aliphatic hydroxyl groups is 1. The molecule has 3 atom stereocenters. The van der Waals surface area contributed by atoms with Crippen molar-refractivity contribution in [3.63, 3.8) is 0 Å². The van der Waals surface area contributed by atoms with E-state index in [9.17, 15) is 13.9 Å². The maximum absolute atomic E-state index is 15.0. The summed E-state index contributed by atoms with van der Waals surface area (Å²) in [6, 6.07) is 4.72. The molecule has 2 N–H and O–H groups in total. The zero-order valence-electron chi connectivity index (χ0n) is 20.1. The van der Waals surface area contributed by atoms with Crippen molar-refractivity contribution in [3.8, 4) is 17.4 Å². The summed E-state index contributed by atoms with van der Waals surface area (Å²) in [5.41, 5.74) is 1.45. The summed E-state index contributed by atoms with van der Waals surface area (Å²) >= 11 is 0. The molecule has 3 aromatic rings. The van der Waals surface area contributed by atoms with E-state index in [1.54, 1.807) is 29.3 Å². The van der Waals surface area contributed by atoms with Gasteiger partial charge in [-0.25, -0.2) is 13.8 Å². The summed E-state index contributed by atoms with van der Waals surface area (Å²) in [6.07, 6.45) is 0.859. The van der Waals surface area contributed by atoms with E-state index in [2.05, 4.69) is 20.3 Å². The van der Waals surface area contributed by atoms with Crippen LogP contribution in [0.25, 0.3) is 11.0 Å². The van der Waals surface area contributed by atoms with Crippen LogP contribution in [0, 0.1) is 5.82 Å². The van der Waals surface area contributed by atoms with Gasteiger partial charge in [0, 0.05) is 43.4 Å². The van der Waals surface area contributed by atoms with Crippen LogP contribution < -0.4 is 19.5 Å². The number of aromatic nitrogens is 3. The van der Waals surface area contributed by atoms with Gasteiger partial charge in [0.2, 0.25) is 5.88 Å². The molecule has 0 amide bonds. The van der Waals surface area contributed by atoms with E-state index in [0.717, 1.165) is 11.9 Å². The number of nitrogens with zero attached hydrogens (tertiary/aromatic N) is 4. The van der Waals surface area contributed by atoms with Gasteiger partial charge in [0.05, 0.1) is 36.8 Å². The fraction of sp³-hybridized carbons (Fsp3) is 0.458. The summed E-state index contributed by atoms with van der Waals surface area (Å²) in [5.74, 6) is 0.890. The van der Waals surface area contributed by atoms with E-state index in [0.29, 0.717) is 55.6 Å². The molecule has 1 fully saturated rings. The van der Waals surface area contributed by atoms with Gasteiger partial charge < -0.3 is 24.6 Å². The second-order valence-electron chi connectivity index (χ2n) is 8.63. The molecule has 0 radical (unpaired) electrons. The van der Waals surface area contributed by atoms with Gasteiger partial charge in [0.25, 0.3) is 0 Å². The van der Waals surface area contributed by atoms with Gasteiger partial charge in [-0.05, 0) is 19.0 Å². The van der Waals surface area contributed by atoms with Crippen LogP contribution in [0.15, 0.2) is 30.6 Å². The SMILES string of the molecule is COc1ccc2ncc(F)c(C(O)CN3CCC(NCc4cc5c(cn4)OCCO5)C(F)C3)c2n1.Cl.Cl. The van der Waals surface area contributed by atoms with Gasteiger partial charge in [-0.15, -0.1) is 24.8 Å². The van der Waals surface area contributed by atoms with E-state index in [4.69, 9.17) is 14.2 Å². The predicted octanol–water partition coefficient (Wildman–Crippen LogP) is 3.02. The Balaban J connectivity index is 0.00000190. The number of β-amino-alcohol motifs (C(OH)–C–C–N with tert-alkyl or cyclic N) is 1. The minimum absolute atomic E-state index is 0. The van der Waals surface area contributed by atoms with Crippen LogP contribution in [0.1, 0.15) is 23.8 Å². The smallest absolute Gasteiger partial charge is 0.213 e. The first-order valence-electron chi connectivity index (χ1n) is 11.5. The quantitative estimate of drug-likeness (QED) is 0.452. The van der Waals surface area contributed by atoms with Crippen LogP contribution in [0.5, 0.6) is 17.4 Å². The highest BCUT2D eigenvalue weighted by Gasteiger charge is 2.31. The number of hydrogen-bond acceptors (Lipinski definition) is 9. The van der Waals surface area contributed by atoms with Crippen LogP contribution in [0.3, 0.4) is 0 Å². The molecule has 0 spiro atoms. The van der Waals surface area contributed by atoms with Gasteiger partial charge in [-0.3, -0.25) is 14.9 Å². The number of halogens is 4. The number of ether oxygens (including phenoxy) is 3. The highest BCUT2D eigenvalue weighted by Crippen LogP contribution is 2.30. The number of methoxy groups -OCH3 is 1. The number of likely N-dealkylation sites (tertiary alicyclic amines) is 1. The van der Waals surface area contributed by atoms with Crippen molar-refractivity contribution in [2.75, 3.05) is 40.0 Å². The maximum atomic E-state index is 15.0. The molecule has 9 nitrogen and oxygen atoms in total. The number of hydrogen-bond donors (Lipinski definition) is 2. The van der Waals surface area contributed by atoms with Crippen LogP contribution in [0.4, 0.5) is 8.78 Å². The standard InChI is InChI=1S/C24H27F2N5O4.2ClH/c1-33-22-3-2-18-24(30-22)23(15(25)10-29-18)19(32)13-31-5-4-17(16(26)12-31)28-9-14-8-20-21(11-27-14)35-7-6-34-20;;/h2-3,8,10-11,16-17,19,28,32H,4-7,9,12-13H2,1H3;2*1H. The lowest BCUT2D eigenvalue weighted by molar-refractivity contribution is 0.0557. The topological polar surface area (TPSA) is 102 Å². The number of pyridine rings is 3. The molecule has 5 heterocycles. The molecule has 37 heavy (non-hydrogen) atoms. The molecule has 5 rings (SSSR count). The lowest BCUT2D eigenvalue weighted by atomic mass is 10.0. The number of rotatable bonds is 7. The van der Waals surface area contributed by atoms with Crippen molar-refractivity contribution in [1.82, 2.24) is 25.2 Å². The third kappa shape index (κ3) is 6.47. The van der Waals surface area contributed by atoms with Crippen molar-refractivity contribution in [2.24, 2.45) is 0 Å². The first-order valence-corrected chi connectivity index (χ1v) is 11.5. The van der Waals surface area contributed by atoms with Crippen LogP contribution in [-0.4, -0.2) is 77.1 Å². The lowest BCUT2D eigenvalue weighted by Crippen LogP contribution is -2.51. The fourth-order valence-electron chi connectivity index (χ4n) is 4.50. The number of alkyl halides is 1. The van der Waals surface area contributed by atoms with Crippen molar-refractivity contribution in [1.29, 1.82) is 0 Å². The van der Waals surface area contributed by atoms with E-state index >= 15 is 0 Å². The molecule has 13 heteroatoms. The summed E-state index contributed by atoms with van der Waals surface area (Å²) in [6.45, 7) is 2.12. The Hall–Kier alpha value is -2.57. The van der Waals surface area contributed by atoms with Gasteiger partial charge in [0.15, 0.2) is 11.5 Å². The van der Waals surface area contributed by atoms with Crippen molar-refractivity contribution < 1.29 is 28.1 Å². The molecule has 0 aromatic carbocycles. The minimum atomic E-state index is -1.20. The Kier molecular flexibility index (Phi) is 10.0. The van der Waals surface area contributed by atoms with Gasteiger partial charge in [-0.1, -0.05) is 0 Å². The van der Waals surface area contributed by atoms with Crippen molar-refractivity contribution in [2.45, 2.75) is 31.3 Å². The van der Waals surface area contributed by atoms with Crippen LogP contribution in [0.2, 0.25) is 0 Å². The molecule has 3 aromatic heterocycles. The Labute approximate surface area is 225 Å². The summed E-state index contributed by atoms with van der Waals surface area (Å²) in [7, 11) is 1.46. The highest BCUT2D eigenvalue weighted by atomic mass is 35.5. The summed E-state index contributed by atoms with van der Waals surface area (Å²) in [5, 5.41) is 14.1. The molecule has 3 unspecified atom stereocenters. The zero-order valence-corrected chi connectivity index (χ0v) is 21.7. The monoisotopic (exact) mass is 559 g/mol. The van der Waals surface area contributed by atoms with Gasteiger partial charge >= 0.3 is 0 Å². The van der Waals surface area contributed by atoms with E-state index < -0.39 is 18.1 Å². The molecule has 202 valence electrons. The Morgan fingerprint density at radius 1 is 1.19 bits per heavy atom. The van der Waals surface area contributed by atoms with Crippen molar-refractivity contribution in [3.05, 3.63) is 47.7 Å². The third-order valence-electron chi connectivity index (χ3n) is 6.31. The summed E-state index contributed by atoms with van der Waals surface area (Å²) < 4.78 is 45.8. The Bertz CT molecular complexity index is 1210. The molecular weight excluding hydrogens is 531 g/mol. The van der Waals surface area contributed by atoms with E-state index in [1.807, 2.05) is 0 Å². The Morgan fingerprint density at radius 3 is 2.73 bits per heavy atom. The van der Waals surface area contributed by atoms with Crippen LogP contribution in [-0.2, 0) is 6.54 Å². The number of piperidine rings is 1. The normalized spacial score (nSPS) is 20.0. The van der Waals surface area contributed by atoms with E-state index in [1.165, 1.54) is 7.11 Å².